The second-order valence-electron chi connectivity index (χ2n) is 2.10. The number of hydrogen-bond acceptors (Lipinski definition) is 3. The lowest BCUT2D eigenvalue weighted by molar-refractivity contribution is 0.881. The highest BCUT2D eigenvalue weighted by Crippen LogP contribution is 2.12. The minimum atomic E-state index is 0.483. The first-order valence-electron chi connectivity index (χ1n) is 3.04. The zero-order valence-corrected chi connectivity index (χ0v) is 7.12. The van der Waals surface area contributed by atoms with Crippen molar-refractivity contribution in [3.8, 4) is 0 Å². The maximum absolute atomic E-state index is 5.60. The van der Waals surface area contributed by atoms with Gasteiger partial charge in [0.05, 0.1) is 0 Å². The Morgan fingerprint density at radius 2 is 2.36 bits per heavy atom. The lowest BCUT2D eigenvalue weighted by Crippen LogP contribution is -1.99. The van der Waals surface area contributed by atoms with Gasteiger partial charge < -0.3 is 5.73 Å². The second kappa shape index (κ2) is 2.20. The Balaban J connectivity index is 2.91. The highest BCUT2D eigenvalue weighted by Gasteiger charge is 2.00. The van der Waals surface area contributed by atoms with Gasteiger partial charge in [-0.15, -0.1) is 5.10 Å². The molecule has 2 aromatic rings. The van der Waals surface area contributed by atoms with Crippen molar-refractivity contribution in [3.63, 3.8) is 0 Å². The van der Waals surface area contributed by atoms with Crippen LogP contribution in [0.15, 0.2) is 23.1 Å². The Hall–Kier alpha value is -1.10. The van der Waals surface area contributed by atoms with E-state index >= 15 is 0 Å². The van der Waals surface area contributed by atoms with Gasteiger partial charge in [-0.1, -0.05) is 0 Å². The number of aromatic nitrogens is 3. The van der Waals surface area contributed by atoms with E-state index in [0.29, 0.717) is 10.6 Å². The smallest absolute Gasteiger partial charge is 0.218 e. The van der Waals surface area contributed by atoms with Gasteiger partial charge in [0.25, 0.3) is 0 Å². The van der Waals surface area contributed by atoms with Crippen LogP contribution in [-0.4, -0.2) is 14.6 Å². The summed E-state index contributed by atoms with van der Waals surface area (Å²) in [7, 11) is 0. The third-order valence-electron chi connectivity index (χ3n) is 1.39. The molecule has 0 spiro atoms. The number of rotatable bonds is 0. The van der Waals surface area contributed by atoms with Crippen molar-refractivity contribution in [2.75, 3.05) is 5.73 Å². The Labute approximate surface area is 71.2 Å². The van der Waals surface area contributed by atoms with Crippen LogP contribution in [0.25, 0.3) is 5.52 Å². The van der Waals surface area contributed by atoms with Gasteiger partial charge in [-0.2, -0.15) is 0 Å². The molecule has 4 nitrogen and oxygen atoms in total. The van der Waals surface area contributed by atoms with Crippen LogP contribution >= 0.6 is 15.9 Å². The molecule has 0 fully saturated rings. The lowest BCUT2D eigenvalue weighted by Gasteiger charge is -1.96. The molecule has 2 N–H and O–H groups in total. The average Bonchev–Trinajstić information content (AvgIpc) is 2.34. The number of hydrogen-bond donors (Lipinski definition) is 1. The van der Waals surface area contributed by atoms with E-state index in [9.17, 15) is 0 Å². The Morgan fingerprint density at radius 3 is 3.18 bits per heavy atom. The first-order valence-corrected chi connectivity index (χ1v) is 3.83. The van der Waals surface area contributed by atoms with Crippen molar-refractivity contribution >= 4 is 27.3 Å². The predicted molar refractivity (Wildman–Crippen MR) is 45.1 cm³/mol. The minimum absolute atomic E-state index is 0.483. The van der Waals surface area contributed by atoms with Crippen molar-refractivity contribution in [1.82, 2.24) is 14.6 Å². The summed E-state index contributed by atoms with van der Waals surface area (Å²) in [6, 6.07) is 3.73. The molecule has 11 heavy (non-hydrogen) atoms. The van der Waals surface area contributed by atoms with E-state index < -0.39 is 0 Å². The fraction of sp³-hybridized carbons (Fsp3) is 0. The maximum Gasteiger partial charge on any atom is 0.218 e. The molecule has 0 aliphatic rings. The van der Waals surface area contributed by atoms with E-state index in [-0.39, 0.29) is 0 Å². The van der Waals surface area contributed by atoms with E-state index in [1.807, 2.05) is 18.3 Å². The molecule has 0 aliphatic carbocycles. The molecule has 0 unspecified atom stereocenters. The topological polar surface area (TPSA) is 56.2 Å². The largest absolute Gasteiger partial charge is 0.382 e. The Morgan fingerprint density at radius 1 is 1.55 bits per heavy atom. The monoisotopic (exact) mass is 212 g/mol. The van der Waals surface area contributed by atoms with Crippen LogP contribution in [0.5, 0.6) is 0 Å². The highest BCUT2D eigenvalue weighted by molar-refractivity contribution is 9.10. The number of halogens is 1. The molecular formula is C6H5BrN4. The summed E-state index contributed by atoms with van der Waals surface area (Å²) in [6.45, 7) is 0. The molecule has 0 saturated carbocycles. The van der Waals surface area contributed by atoms with Gasteiger partial charge in [-0.05, 0) is 28.1 Å². The lowest BCUT2D eigenvalue weighted by atomic mass is 10.5. The van der Waals surface area contributed by atoms with Crippen LogP contribution in [0.4, 0.5) is 5.82 Å². The van der Waals surface area contributed by atoms with Crippen molar-refractivity contribution in [2.45, 2.75) is 0 Å². The molecule has 0 aromatic carbocycles. The average molecular weight is 213 g/mol. The third kappa shape index (κ3) is 0.970. The summed E-state index contributed by atoms with van der Waals surface area (Å²) in [6.07, 6.45) is 1.82. The number of anilines is 1. The van der Waals surface area contributed by atoms with Gasteiger partial charge in [-0.25, -0.2) is 9.50 Å². The summed E-state index contributed by atoms with van der Waals surface area (Å²) in [4.78, 5) is 3.94. The van der Waals surface area contributed by atoms with Crippen molar-refractivity contribution in [1.29, 1.82) is 0 Å². The molecular weight excluding hydrogens is 208 g/mol. The van der Waals surface area contributed by atoms with Crippen molar-refractivity contribution in [2.24, 2.45) is 0 Å². The van der Waals surface area contributed by atoms with E-state index in [0.717, 1.165) is 5.52 Å². The summed E-state index contributed by atoms with van der Waals surface area (Å²) in [5, 5.41) is 4.04. The maximum atomic E-state index is 5.60. The quantitative estimate of drug-likeness (QED) is 0.712. The SMILES string of the molecule is Nc1nc(Br)nn2cccc12. The standard InChI is InChI=1S/C6H5BrN4/c7-6-9-5(8)4-2-1-3-11(4)10-6/h1-3H,(H2,8,9,10). The summed E-state index contributed by atoms with van der Waals surface area (Å²) < 4.78 is 2.17. The molecule has 0 aliphatic heterocycles. The normalized spacial score (nSPS) is 10.6. The fourth-order valence-corrected chi connectivity index (χ4v) is 1.29. The fourth-order valence-electron chi connectivity index (χ4n) is 0.930. The molecule has 56 valence electrons. The molecule has 0 radical (unpaired) electrons. The molecule has 2 rings (SSSR count). The van der Waals surface area contributed by atoms with Crippen molar-refractivity contribution in [3.05, 3.63) is 23.1 Å². The van der Waals surface area contributed by atoms with Gasteiger partial charge in [0, 0.05) is 6.20 Å². The van der Waals surface area contributed by atoms with Crippen LogP contribution < -0.4 is 5.73 Å². The van der Waals surface area contributed by atoms with E-state index in [1.165, 1.54) is 0 Å². The third-order valence-corrected chi connectivity index (χ3v) is 1.73. The van der Waals surface area contributed by atoms with Gasteiger partial charge in [0.2, 0.25) is 4.73 Å². The Kier molecular flexibility index (Phi) is 1.32. The summed E-state index contributed by atoms with van der Waals surface area (Å²) in [5.41, 5.74) is 6.43. The predicted octanol–water partition coefficient (Wildman–Crippen LogP) is 1.07. The first kappa shape index (κ1) is 6.60. The molecule has 0 saturated heterocycles. The van der Waals surface area contributed by atoms with Gasteiger partial charge in [0.15, 0.2) is 5.82 Å². The van der Waals surface area contributed by atoms with Crippen LogP contribution in [0.1, 0.15) is 0 Å². The molecule has 5 heteroatoms. The molecule has 0 atom stereocenters. The number of fused-ring (bicyclic) bond motifs is 1. The van der Waals surface area contributed by atoms with E-state index in [1.54, 1.807) is 4.52 Å². The van der Waals surface area contributed by atoms with Gasteiger partial charge in [-0.3, -0.25) is 0 Å². The summed E-state index contributed by atoms with van der Waals surface area (Å²) in [5.74, 6) is 0.483. The Bertz CT molecular complexity index is 394. The van der Waals surface area contributed by atoms with Gasteiger partial charge >= 0.3 is 0 Å². The molecule has 2 heterocycles. The number of nitrogens with zero attached hydrogens (tertiary/aromatic N) is 3. The number of nitrogen functional groups attached to an aromatic ring is 1. The molecule has 0 bridgehead atoms. The van der Waals surface area contributed by atoms with E-state index in [2.05, 4.69) is 26.0 Å². The number of nitrogens with two attached hydrogens (primary N) is 1. The highest BCUT2D eigenvalue weighted by atomic mass is 79.9. The first-order chi connectivity index (χ1) is 5.27. The zero-order chi connectivity index (χ0) is 7.84. The van der Waals surface area contributed by atoms with Crippen molar-refractivity contribution < 1.29 is 0 Å². The van der Waals surface area contributed by atoms with Crippen LogP contribution in [0.2, 0.25) is 0 Å². The van der Waals surface area contributed by atoms with Gasteiger partial charge in [0.1, 0.15) is 5.52 Å². The van der Waals surface area contributed by atoms with Crippen LogP contribution in [0.3, 0.4) is 0 Å². The zero-order valence-electron chi connectivity index (χ0n) is 5.53. The molecule has 0 amide bonds. The summed E-state index contributed by atoms with van der Waals surface area (Å²) >= 11 is 3.14. The minimum Gasteiger partial charge on any atom is -0.382 e. The van der Waals surface area contributed by atoms with Crippen LogP contribution in [0, 0.1) is 0 Å². The van der Waals surface area contributed by atoms with Crippen LogP contribution in [-0.2, 0) is 0 Å². The second-order valence-corrected chi connectivity index (χ2v) is 2.81. The molecule has 2 aromatic heterocycles. The van der Waals surface area contributed by atoms with E-state index in [4.69, 9.17) is 5.73 Å².